The highest BCUT2D eigenvalue weighted by molar-refractivity contribution is 5.82. The third-order valence-corrected chi connectivity index (χ3v) is 5.66. The van der Waals surface area contributed by atoms with Crippen molar-refractivity contribution in [3.05, 3.63) is 0 Å². The van der Waals surface area contributed by atoms with Gasteiger partial charge < -0.3 is 10.2 Å². The van der Waals surface area contributed by atoms with E-state index in [-0.39, 0.29) is 6.04 Å². The Hall–Kier alpha value is -0.570. The maximum Gasteiger partial charge on any atom is 0.239 e. The SMILES string of the molecule is CCC1CCNC(C(=O)N2CCCC3CCCC32)C1. The molecule has 3 nitrogen and oxygen atoms in total. The molecule has 1 saturated carbocycles. The lowest BCUT2D eigenvalue weighted by Gasteiger charge is -2.41. The molecule has 1 aliphatic carbocycles. The van der Waals surface area contributed by atoms with Gasteiger partial charge in [-0.25, -0.2) is 0 Å². The fraction of sp³-hybridized carbons (Fsp3) is 0.938. The van der Waals surface area contributed by atoms with E-state index in [1.165, 1.54) is 44.9 Å². The second kappa shape index (κ2) is 5.82. The lowest BCUT2D eigenvalue weighted by Crippen LogP contribution is -2.55. The van der Waals surface area contributed by atoms with E-state index in [4.69, 9.17) is 0 Å². The van der Waals surface area contributed by atoms with Crippen molar-refractivity contribution in [2.45, 2.75) is 70.4 Å². The minimum atomic E-state index is 0.109. The predicted octanol–water partition coefficient (Wildman–Crippen LogP) is 2.56. The summed E-state index contributed by atoms with van der Waals surface area (Å²) in [6, 6.07) is 0.683. The van der Waals surface area contributed by atoms with E-state index in [1.54, 1.807) is 0 Å². The number of hydrogen-bond donors (Lipinski definition) is 1. The highest BCUT2D eigenvalue weighted by Gasteiger charge is 2.40. The molecule has 0 spiro atoms. The number of piperidine rings is 2. The van der Waals surface area contributed by atoms with Crippen LogP contribution in [-0.4, -0.2) is 36.0 Å². The first-order chi connectivity index (χ1) is 9.29. The third-order valence-electron chi connectivity index (χ3n) is 5.66. The lowest BCUT2D eigenvalue weighted by molar-refractivity contribution is -0.139. The Kier molecular flexibility index (Phi) is 4.11. The smallest absolute Gasteiger partial charge is 0.239 e. The fourth-order valence-corrected chi connectivity index (χ4v) is 4.48. The summed E-state index contributed by atoms with van der Waals surface area (Å²) in [6.07, 6.45) is 10.0. The van der Waals surface area contributed by atoms with Gasteiger partial charge in [-0.2, -0.15) is 0 Å². The molecule has 4 atom stereocenters. The van der Waals surface area contributed by atoms with Crippen molar-refractivity contribution < 1.29 is 4.79 Å². The average molecular weight is 264 g/mol. The van der Waals surface area contributed by atoms with Crippen molar-refractivity contribution in [1.29, 1.82) is 0 Å². The first-order valence-electron chi connectivity index (χ1n) is 8.33. The Bertz CT molecular complexity index is 331. The summed E-state index contributed by atoms with van der Waals surface area (Å²) in [6.45, 7) is 4.29. The molecule has 2 saturated heterocycles. The van der Waals surface area contributed by atoms with Crippen LogP contribution in [0.25, 0.3) is 0 Å². The highest BCUT2D eigenvalue weighted by Crippen LogP contribution is 2.37. The number of hydrogen-bond acceptors (Lipinski definition) is 2. The number of fused-ring (bicyclic) bond motifs is 1. The van der Waals surface area contributed by atoms with Gasteiger partial charge in [0.25, 0.3) is 0 Å². The van der Waals surface area contributed by atoms with Crippen molar-refractivity contribution in [3.63, 3.8) is 0 Å². The summed E-state index contributed by atoms with van der Waals surface area (Å²) >= 11 is 0. The zero-order chi connectivity index (χ0) is 13.2. The number of amides is 1. The molecule has 3 heteroatoms. The van der Waals surface area contributed by atoms with Crippen molar-refractivity contribution in [1.82, 2.24) is 10.2 Å². The van der Waals surface area contributed by atoms with Crippen molar-refractivity contribution >= 4 is 5.91 Å². The summed E-state index contributed by atoms with van der Waals surface area (Å²) < 4.78 is 0. The van der Waals surface area contributed by atoms with Crippen LogP contribution in [0.3, 0.4) is 0 Å². The molecule has 3 aliphatic rings. The largest absolute Gasteiger partial charge is 0.338 e. The molecule has 1 N–H and O–H groups in total. The van der Waals surface area contributed by atoms with Gasteiger partial charge in [0, 0.05) is 12.6 Å². The molecule has 1 amide bonds. The van der Waals surface area contributed by atoms with Crippen LogP contribution in [0.4, 0.5) is 0 Å². The van der Waals surface area contributed by atoms with E-state index < -0.39 is 0 Å². The minimum absolute atomic E-state index is 0.109. The van der Waals surface area contributed by atoms with Gasteiger partial charge in [-0.05, 0) is 56.9 Å². The van der Waals surface area contributed by atoms with E-state index in [0.29, 0.717) is 11.9 Å². The van der Waals surface area contributed by atoms with Crippen molar-refractivity contribution in [2.75, 3.05) is 13.1 Å². The van der Waals surface area contributed by atoms with E-state index in [9.17, 15) is 4.79 Å². The van der Waals surface area contributed by atoms with Gasteiger partial charge in [-0.3, -0.25) is 4.79 Å². The summed E-state index contributed by atoms with van der Waals surface area (Å²) in [5.41, 5.74) is 0. The Balaban J connectivity index is 1.65. The Morgan fingerprint density at radius 3 is 2.89 bits per heavy atom. The second-order valence-electron chi connectivity index (χ2n) is 6.74. The first kappa shape index (κ1) is 13.4. The molecular weight excluding hydrogens is 236 g/mol. The fourth-order valence-electron chi connectivity index (χ4n) is 4.48. The number of nitrogens with zero attached hydrogens (tertiary/aromatic N) is 1. The van der Waals surface area contributed by atoms with E-state index in [1.807, 2.05) is 0 Å². The maximum atomic E-state index is 12.8. The van der Waals surface area contributed by atoms with Crippen LogP contribution < -0.4 is 5.32 Å². The Labute approximate surface area is 117 Å². The van der Waals surface area contributed by atoms with Gasteiger partial charge in [-0.15, -0.1) is 0 Å². The van der Waals surface area contributed by atoms with Gasteiger partial charge in [0.15, 0.2) is 0 Å². The van der Waals surface area contributed by atoms with Crippen LogP contribution >= 0.6 is 0 Å². The minimum Gasteiger partial charge on any atom is -0.338 e. The molecule has 4 unspecified atom stereocenters. The zero-order valence-electron chi connectivity index (χ0n) is 12.2. The Morgan fingerprint density at radius 1 is 1.21 bits per heavy atom. The number of carbonyl (C=O) groups is 1. The molecule has 19 heavy (non-hydrogen) atoms. The molecule has 0 aromatic heterocycles. The highest BCUT2D eigenvalue weighted by atomic mass is 16.2. The van der Waals surface area contributed by atoms with E-state index in [2.05, 4.69) is 17.1 Å². The molecule has 2 aliphatic heterocycles. The van der Waals surface area contributed by atoms with Crippen LogP contribution in [-0.2, 0) is 4.79 Å². The van der Waals surface area contributed by atoms with Crippen molar-refractivity contribution in [2.24, 2.45) is 11.8 Å². The molecule has 108 valence electrons. The number of rotatable bonds is 2. The molecule has 3 fully saturated rings. The lowest BCUT2D eigenvalue weighted by atomic mass is 9.87. The number of likely N-dealkylation sites (tertiary alicyclic amines) is 1. The molecule has 0 bridgehead atoms. The monoisotopic (exact) mass is 264 g/mol. The normalized spacial score (nSPS) is 39.1. The van der Waals surface area contributed by atoms with Crippen LogP contribution in [0, 0.1) is 11.8 Å². The summed E-state index contributed by atoms with van der Waals surface area (Å²) in [4.78, 5) is 15.1. The van der Waals surface area contributed by atoms with Gasteiger partial charge in [0.05, 0.1) is 6.04 Å². The topological polar surface area (TPSA) is 32.3 Å². The number of nitrogens with one attached hydrogen (secondary N) is 1. The van der Waals surface area contributed by atoms with Gasteiger partial charge in [0.2, 0.25) is 5.91 Å². The first-order valence-corrected chi connectivity index (χ1v) is 8.33. The quantitative estimate of drug-likeness (QED) is 0.831. The second-order valence-corrected chi connectivity index (χ2v) is 6.74. The molecule has 0 aromatic carbocycles. The third kappa shape index (κ3) is 2.67. The Morgan fingerprint density at radius 2 is 2.05 bits per heavy atom. The predicted molar refractivity (Wildman–Crippen MR) is 76.9 cm³/mol. The number of carbonyl (C=O) groups excluding carboxylic acids is 1. The standard InChI is InChI=1S/C16H28N2O/c1-2-12-8-9-17-14(11-12)16(19)18-10-4-6-13-5-3-7-15(13)18/h12-15,17H,2-11H2,1H3. The summed E-state index contributed by atoms with van der Waals surface area (Å²) in [5, 5.41) is 3.47. The molecule has 2 heterocycles. The van der Waals surface area contributed by atoms with Crippen LogP contribution in [0.2, 0.25) is 0 Å². The zero-order valence-corrected chi connectivity index (χ0v) is 12.2. The maximum absolute atomic E-state index is 12.8. The van der Waals surface area contributed by atoms with E-state index >= 15 is 0 Å². The van der Waals surface area contributed by atoms with Crippen LogP contribution in [0.15, 0.2) is 0 Å². The molecular formula is C16H28N2O. The summed E-state index contributed by atoms with van der Waals surface area (Å²) in [5.74, 6) is 1.97. The molecule has 0 aromatic rings. The van der Waals surface area contributed by atoms with Gasteiger partial charge >= 0.3 is 0 Å². The molecule has 0 radical (unpaired) electrons. The summed E-state index contributed by atoms with van der Waals surface area (Å²) in [7, 11) is 0. The van der Waals surface area contributed by atoms with Crippen LogP contribution in [0.5, 0.6) is 0 Å². The molecule has 3 rings (SSSR count). The van der Waals surface area contributed by atoms with E-state index in [0.717, 1.165) is 31.3 Å². The van der Waals surface area contributed by atoms with Gasteiger partial charge in [0.1, 0.15) is 0 Å². The average Bonchev–Trinajstić information content (AvgIpc) is 2.95. The van der Waals surface area contributed by atoms with Crippen LogP contribution in [0.1, 0.15) is 58.3 Å². The van der Waals surface area contributed by atoms with Crippen molar-refractivity contribution in [3.8, 4) is 0 Å². The van der Waals surface area contributed by atoms with Gasteiger partial charge in [-0.1, -0.05) is 19.8 Å².